The van der Waals surface area contributed by atoms with Crippen molar-refractivity contribution in [1.82, 2.24) is 10.2 Å². The lowest BCUT2D eigenvalue weighted by Crippen LogP contribution is -1.75. The average Bonchev–Trinajstić information content (AvgIpc) is 2.71. The van der Waals surface area contributed by atoms with Crippen LogP contribution in [-0.4, -0.2) is 10.2 Å². The van der Waals surface area contributed by atoms with Crippen LogP contribution in [0.5, 0.6) is 0 Å². The molecule has 2 aromatic heterocycles. The van der Waals surface area contributed by atoms with E-state index in [-0.39, 0.29) is 0 Å². The molecule has 0 saturated heterocycles. The lowest BCUT2D eigenvalue weighted by atomic mass is 10.5. The molecule has 0 atom stereocenters. The van der Waals surface area contributed by atoms with Crippen molar-refractivity contribution in [1.29, 1.82) is 0 Å². The third-order valence-corrected chi connectivity index (χ3v) is 5.06. The van der Waals surface area contributed by atoms with E-state index in [0.717, 1.165) is 10.0 Å². The molecule has 6 heteroatoms. The number of thiophene rings is 1. The summed E-state index contributed by atoms with van der Waals surface area (Å²) in [6.45, 7) is 0. The van der Waals surface area contributed by atoms with E-state index < -0.39 is 0 Å². The fourth-order valence-corrected chi connectivity index (χ4v) is 3.88. The highest BCUT2D eigenvalue weighted by Gasteiger charge is 2.09. The first-order valence-electron chi connectivity index (χ1n) is 3.43. The molecule has 0 aliphatic carbocycles. The van der Waals surface area contributed by atoms with Gasteiger partial charge in [0, 0.05) is 3.57 Å². The maximum Gasteiger partial charge on any atom is 0.158 e. The molecule has 0 spiro atoms. The Balaban J connectivity index is 2.41. The Morgan fingerprint density at radius 3 is 2.85 bits per heavy atom. The lowest BCUT2D eigenvalue weighted by Gasteiger charge is -1.87. The molecule has 68 valence electrons. The first-order chi connectivity index (χ1) is 6.31. The molecule has 0 saturated carbocycles. The highest BCUT2D eigenvalue weighted by Crippen LogP contribution is 2.32. The van der Waals surface area contributed by atoms with Gasteiger partial charge in [0.1, 0.15) is 5.01 Å². The highest BCUT2D eigenvalue weighted by molar-refractivity contribution is 14.1. The van der Waals surface area contributed by atoms with Gasteiger partial charge >= 0.3 is 0 Å². The van der Waals surface area contributed by atoms with Crippen LogP contribution in [-0.2, 0) is 5.88 Å². The molecule has 0 aliphatic rings. The second kappa shape index (κ2) is 4.20. The molecule has 0 radical (unpaired) electrons. The van der Waals surface area contributed by atoms with E-state index in [4.69, 9.17) is 11.6 Å². The molecule has 13 heavy (non-hydrogen) atoms. The summed E-state index contributed by atoms with van der Waals surface area (Å²) in [5.74, 6) is 0.444. The van der Waals surface area contributed by atoms with Gasteiger partial charge in [0.05, 0.1) is 10.8 Å². The zero-order valence-electron chi connectivity index (χ0n) is 6.33. The van der Waals surface area contributed by atoms with Gasteiger partial charge in [-0.1, -0.05) is 11.3 Å². The van der Waals surface area contributed by atoms with E-state index in [9.17, 15) is 0 Å². The summed E-state index contributed by atoms with van der Waals surface area (Å²) in [6.07, 6.45) is 0. The summed E-state index contributed by atoms with van der Waals surface area (Å²) in [4.78, 5) is 1.19. The van der Waals surface area contributed by atoms with E-state index in [2.05, 4.69) is 44.2 Å². The van der Waals surface area contributed by atoms with Crippen molar-refractivity contribution in [2.45, 2.75) is 5.88 Å². The van der Waals surface area contributed by atoms with E-state index in [0.29, 0.717) is 5.88 Å². The molecule has 2 nitrogen and oxygen atoms in total. The third-order valence-electron chi connectivity index (χ3n) is 1.39. The summed E-state index contributed by atoms with van der Waals surface area (Å²) in [5.41, 5.74) is 0. The Bertz CT molecular complexity index is 412. The zero-order chi connectivity index (χ0) is 9.26. The zero-order valence-corrected chi connectivity index (χ0v) is 10.9. The Morgan fingerprint density at radius 2 is 2.31 bits per heavy atom. The summed E-state index contributed by atoms with van der Waals surface area (Å²) in [5, 5.41) is 11.9. The minimum atomic E-state index is 0.444. The van der Waals surface area contributed by atoms with E-state index in [1.165, 1.54) is 8.45 Å². The van der Waals surface area contributed by atoms with Crippen LogP contribution in [0.4, 0.5) is 0 Å². The van der Waals surface area contributed by atoms with Crippen molar-refractivity contribution in [3.63, 3.8) is 0 Å². The van der Waals surface area contributed by atoms with Crippen LogP contribution in [0.25, 0.3) is 9.88 Å². The number of nitrogens with zero attached hydrogens (tertiary/aromatic N) is 2. The van der Waals surface area contributed by atoms with E-state index >= 15 is 0 Å². The minimum Gasteiger partial charge on any atom is -0.142 e. The van der Waals surface area contributed by atoms with Gasteiger partial charge < -0.3 is 0 Å². The van der Waals surface area contributed by atoms with Crippen molar-refractivity contribution in [3.05, 3.63) is 20.0 Å². The number of hydrogen-bond donors (Lipinski definition) is 0. The number of alkyl halides is 1. The number of hydrogen-bond acceptors (Lipinski definition) is 4. The van der Waals surface area contributed by atoms with Crippen LogP contribution < -0.4 is 0 Å². The molecule has 2 heterocycles. The summed E-state index contributed by atoms with van der Waals surface area (Å²) >= 11 is 11.2. The van der Waals surface area contributed by atoms with Crippen LogP contribution in [0.3, 0.4) is 0 Å². The van der Waals surface area contributed by atoms with Crippen LogP contribution in [0, 0.1) is 3.57 Å². The van der Waals surface area contributed by atoms with Crippen LogP contribution in [0.1, 0.15) is 5.01 Å². The van der Waals surface area contributed by atoms with Crippen molar-refractivity contribution < 1.29 is 0 Å². The highest BCUT2D eigenvalue weighted by atomic mass is 127. The van der Waals surface area contributed by atoms with Crippen molar-refractivity contribution in [2.24, 2.45) is 0 Å². The molecule has 0 fully saturated rings. The average molecular weight is 343 g/mol. The van der Waals surface area contributed by atoms with Gasteiger partial charge in [0.25, 0.3) is 0 Å². The number of halogens is 2. The van der Waals surface area contributed by atoms with Gasteiger partial charge in [0.15, 0.2) is 5.01 Å². The van der Waals surface area contributed by atoms with Gasteiger partial charge in [-0.25, -0.2) is 0 Å². The normalized spacial score (nSPS) is 10.6. The summed E-state index contributed by atoms with van der Waals surface area (Å²) in [7, 11) is 0. The van der Waals surface area contributed by atoms with Crippen molar-refractivity contribution in [2.75, 3.05) is 0 Å². The third kappa shape index (κ3) is 2.03. The Kier molecular flexibility index (Phi) is 3.18. The smallest absolute Gasteiger partial charge is 0.142 e. The predicted octanol–water partition coefficient (Wildman–Crippen LogP) is 3.61. The van der Waals surface area contributed by atoms with Crippen molar-refractivity contribution in [3.8, 4) is 9.88 Å². The maximum atomic E-state index is 5.65. The van der Waals surface area contributed by atoms with E-state index in [1.54, 1.807) is 22.7 Å². The molecular weight excluding hydrogens is 339 g/mol. The maximum absolute atomic E-state index is 5.65. The second-order valence-electron chi connectivity index (χ2n) is 2.23. The van der Waals surface area contributed by atoms with Gasteiger partial charge in [-0.2, -0.15) is 0 Å². The van der Waals surface area contributed by atoms with Gasteiger partial charge in [-0.05, 0) is 34.0 Å². The van der Waals surface area contributed by atoms with Crippen LogP contribution in [0.2, 0.25) is 0 Å². The molecule has 0 amide bonds. The Labute approximate surface area is 102 Å². The monoisotopic (exact) mass is 342 g/mol. The molecule has 2 aromatic rings. The summed E-state index contributed by atoms with van der Waals surface area (Å²) < 4.78 is 1.22. The van der Waals surface area contributed by atoms with Crippen molar-refractivity contribution >= 4 is 56.9 Å². The largest absolute Gasteiger partial charge is 0.158 e. The number of aromatic nitrogens is 2. The molecule has 0 aliphatic heterocycles. The molecule has 0 aromatic carbocycles. The molecular formula is C7H4ClIN2S2. The predicted molar refractivity (Wildman–Crippen MR) is 65.5 cm³/mol. The van der Waals surface area contributed by atoms with E-state index in [1.807, 2.05) is 0 Å². The topological polar surface area (TPSA) is 25.8 Å². The number of rotatable bonds is 2. The fourth-order valence-electron chi connectivity index (χ4n) is 0.846. The van der Waals surface area contributed by atoms with Crippen LogP contribution >= 0.6 is 56.9 Å². The first kappa shape index (κ1) is 9.82. The second-order valence-corrected chi connectivity index (χ2v) is 5.64. The van der Waals surface area contributed by atoms with Gasteiger partial charge in [-0.3, -0.25) is 0 Å². The molecule has 0 bridgehead atoms. The summed E-state index contributed by atoms with van der Waals surface area (Å²) in [6, 6.07) is 2.07. The standard InChI is InChI=1S/C7H4ClIN2S2/c8-3-5-10-11-7(13-5)6-4(9)1-2-12-6/h1-2H,3H2. The Morgan fingerprint density at radius 1 is 1.46 bits per heavy atom. The Hall–Kier alpha value is 0.280. The molecule has 0 N–H and O–H groups in total. The molecule has 0 unspecified atom stereocenters. The van der Waals surface area contributed by atoms with Gasteiger partial charge in [0.2, 0.25) is 0 Å². The quantitative estimate of drug-likeness (QED) is 0.615. The fraction of sp³-hybridized carbons (Fsp3) is 0.143. The SMILES string of the molecule is ClCc1nnc(-c2sccc2I)s1. The first-order valence-corrected chi connectivity index (χ1v) is 6.74. The van der Waals surface area contributed by atoms with Crippen LogP contribution in [0.15, 0.2) is 11.4 Å². The minimum absolute atomic E-state index is 0.444. The van der Waals surface area contributed by atoms with Gasteiger partial charge in [-0.15, -0.1) is 33.1 Å². The molecule has 2 rings (SSSR count). The lowest BCUT2D eigenvalue weighted by molar-refractivity contribution is 1.04.